The minimum Gasteiger partial charge on any atom is -0.508 e. The number of phenolic OH excluding ortho intramolecular Hbond substituents is 1. The van der Waals surface area contributed by atoms with Crippen LogP contribution in [0.15, 0.2) is 82.9 Å². The Bertz CT molecular complexity index is 1390. The average Bonchev–Trinajstić information content (AvgIpc) is 3.10. The van der Waals surface area contributed by atoms with Gasteiger partial charge in [0.05, 0.1) is 30.1 Å². The first-order chi connectivity index (χ1) is 23.1. The molecule has 0 aromatic heterocycles. The maximum atomic E-state index is 10.8. The van der Waals surface area contributed by atoms with Gasteiger partial charge in [0.2, 0.25) is 12.1 Å². The van der Waals surface area contributed by atoms with E-state index in [1.165, 1.54) is 0 Å². The van der Waals surface area contributed by atoms with Crippen LogP contribution in [0, 0.1) is 17.8 Å². The van der Waals surface area contributed by atoms with Gasteiger partial charge >= 0.3 is 0 Å². The van der Waals surface area contributed by atoms with Crippen molar-refractivity contribution in [2.45, 2.75) is 92.3 Å². The number of benzene rings is 2. The highest BCUT2D eigenvalue weighted by Gasteiger charge is 2.64. The van der Waals surface area contributed by atoms with Gasteiger partial charge in [-0.1, -0.05) is 48.3 Å². The highest BCUT2D eigenvalue weighted by atomic mass is 32.2. The Balaban J connectivity index is 1.53. The van der Waals surface area contributed by atoms with Crippen LogP contribution in [0.5, 0.6) is 11.5 Å². The smallest absolute Gasteiger partial charge is 0.231 e. The summed E-state index contributed by atoms with van der Waals surface area (Å²) < 4.78 is 19.9. The molecular weight excluding hydrogens is 614 g/mol. The Labute approximate surface area is 282 Å². The fraction of sp³-hybridized carbons (Fsp3) is 0.553. The molecule has 9 heteroatoms. The molecule has 47 heavy (non-hydrogen) atoms. The van der Waals surface area contributed by atoms with Crippen molar-refractivity contribution in [3.8, 4) is 11.5 Å². The monoisotopic (exact) mass is 663 g/mol. The molecule has 1 saturated carbocycles. The molecule has 2 aliphatic carbocycles. The lowest BCUT2D eigenvalue weighted by Gasteiger charge is -2.58. The van der Waals surface area contributed by atoms with Gasteiger partial charge in [0, 0.05) is 42.4 Å². The highest BCUT2D eigenvalue weighted by molar-refractivity contribution is 8.00. The van der Waals surface area contributed by atoms with E-state index in [0.717, 1.165) is 85.3 Å². The summed E-state index contributed by atoms with van der Waals surface area (Å²) in [4.78, 5) is 7.26. The van der Waals surface area contributed by atoms with E-state index in [0.29, 0.717) is 19.6 Å². The number of allylic oxidation sites excluding steroid dienone is 1. The Morgan fingerprint density at radius 1 is 1.02 bits per heavy atom. The van der Waals surface area contributed by atoms with Crippen molar-refractivity contribution in [1.29, 1.82) is 0 Å². The molecule has 2 aromatic carbocycles. The number of rotatable bonds is 15. The van der Waals surface area contributed by atoms with Gasteiger partial charge in [0.1, 0.15) is 11.5 Å². The van der Waals surface area contributed by atoms with E-state index < -0.39 is 5.79 Å². The van der Waals surface area contributed by atoms with Crippen LogP contribution in [0.4, 0.5) is 0 Å². The summed E-state index contributed by atoms with van der Waals surface area (Å²) >= 11 is 1.73. The van der Waals surface area contributed by atoms with Crippen molar-refractivity contribution in [2.75, 3.05) is 26.4 Å². The fourth-order valence-corrected chi connectivity index (χ4v) is 9.33. The number of nitrogens with zero attached hydrogens (tertiary/aromatic N) is 1. The first-order valence-electron chi connectivity index (χ1n) is 17.3. The predicted molar refractivity (Wildman–Crippen MR) is 184 cm³/mol. The van der Waals surface area contributed by atoms with Crippen LogP contribution >= 0.6 is 11.8 Å². The largest absolute Gasteiger partial charge is 0.508 e. The minimum absolute atomic E-state index is 0.0520. The van der Waals surface area contributed by atoms with Crippen LogP contribution in [0.3, 0.4) is 0 Å². The predicted octanol–water partition coefficient (Wildman–Crippen LogP) is 7.34. The normalized spacial score (nSPS) is 30.5. The van der Waals surface area contributed by atoms with E-state index in [1.54, 1.807) is 23.9 Å². The van der Waals surface area contributed by atoms with Crippen molar-refractivity contribution in [3.63, 3.8) is 0 Å². The number of aliphatic hydroxyl groups is 2. The number of oxime groups is 1. The van der Waals surface area contributed by atoms with E-state index in [4.69, 9.17) is 24.2 Å². The van der Waals surface area contributed by atoms with Crippen molar-refractivity contribution in [1.82, 2.24) is 0 Å². The van der Waals surface area contributed by atoms with Crippen LogP contribution in [-0.2, 0) is 14.3 Å². The van der Waals surface area contributed by atoms with Crippen LogP contribution in [0.2, 0.25) is 0 Å². The lowest BCUT2D eigenvalue weighted by atomic mass is 9.56. The molecule has 2 aromatic rings. The number of aromatic hydroxyl groups is 1. The summed E-state index contributed by atoms with van der Waals surface area (Å²) in [6.45, 7) is 5.29. The minimum atomic E-state index is -1.05. The van der Waals surface area contributed by atoms with Crippen molar-refractivity contribution in [3.05, 3.63) is 78.4 Å². The fourth-order valence-electron chi connectivity index (χ4n) is 8.01. The molecule has 254 valence electrons. The summed E-state index contributed by atoms with van der Waals surface area (Å²) in [5, 5.41) is 34.9. The molecule has 0 radical (unpaired) electrons. The third-order valence-electron chi connectivity index (χ3n) is 10.1. The Morgan fingerprint density at radius 3 is 2.57 bits per heavy atom. The van der Waals surface area contributed by atoms with Gasteiger partial charge in [0.15, 0.2) is 0 Å². The van der Waals surface area contributed by atoms with Gasteiger partial charge in [-0.25, -0.2) is 0 Å². The SMILES string of the molecule is C=CCOC12Oc3ccc(O)cc3C3C(CCCCO)C(CCCCO)C=C(C(=NOC4CCCCO4)CC1Sc1ccccc1)C32. The van der Waals surface area contributed by atoms with Crippen molar-refractivity contribution in [2.24, 2.45) is 22.9 Å². The zero-order valence-electron chi connectivity index (χ0n) is 27.2. The Morgan fingerprint density at radius 2 is 1.83 bits per heavy atom. The molecule has 8 nitrogen and oxygen atoms in total. The molecule has 6 rings (SSSR count). The zero-order valence-corrected chi connectivity index (χ0v) is 28.0. The molecule has 3 N–H and O–H groups in total. The van der Waals surface area contributed by atoms with Crippen molar-refractivity contribution >= 4 is 17.5 Å². The van der Waals surface area contributed by atoms with Gasteiger partial charge in [-0.15, -0.1) is 18.3 Å². The Hall–Kier alpha value is -2.82. The summed E-state index contributed by atoms with van der Waals surface area (Å²) in [5.74, 6) is -0.0434. The average molecular weight is 664 g/mol. The number of hydrogen-bond donors (Lipinski definition) is 3. The highest BCUT2D eigenvalue weighted by Crippen LogP contribution is 2.63. The standard InChI is InChI=1S/C38H49NO7S/c1-2-21-44-38-34(47-28-13-4-3-5-14-28)25-32(39-46-35-16-8-11-22-43-35)30-23-26(12-6-9-19-40)29(15-7-10-20-41)36(37(30)38)31-24-27(42)17-18-33(31)45-38/h2-5,13-14,17-18,23-24,26,29,34-37,40-42H,1,6-12,15-16,19-22,25H2. The number of thioether (sulfide) groups is 1. The second-order valence-electron chi connectivity index (χ2n) is 13.1. The maximum Gasteiger partial charge on any atom is 0.231 e. The quantitative estimate of drug-likeness (QED) is 0.103. The molecule has 2 fully saturated rings. The molecule has 2 aliphatic heterocycles. The van der Waals surface area contributed by atoms with E-state index in [1.807, 2.05) is 30.3 Å². The number of aliphatic hydroxyl groups excluding tert-OH is 2. The van der Waals surface area contributed by atoms with Crippen LogP contribution in [0.1, 0.15) is 75.7 Å². The first kappa shape index (κ1) is 34.1. The summed E-state index contributed by atoms with van der Waals surface area (Å²) in [6.07, 6.45) is 12.3. The van der Waals surface area contributed by atoms with Crippen molar-refractivity contribution < 1.29 is 34.4 Å². The maximum absolute atomic E-state index is 10.8. The number of ether oxygens (including phenoxy) is 3. The molecule has 0 bridgehead atoms. The molecule has 0 spiro atoms. The molecule has 0 amide bonds. The van der Waals surface area contributed by atoms with E-state index in [2.05, 4.69) is 24.8 Å². The van der Waals surface area contributed by atoms with Gasteiger partial charge in [-0.3, -0.25) is 0 Å². The first-order valence-corrected chi connectivity index (χ1v) is 18.2. The van der Waals surface area contributed by atoms with Crippen LogP contribution in [-0.4, -0.2) is 64.8 Å². The van der Waals surface area contributed by atoms with Gasteiger partial charge in [-0.05, 0) is 86.3 Å². The van der Waals surface area contributed by atoms with E-state index in [9.17, 15) is 15.3 Å². The lowest BCUT2D eigenvalue weighted by molar-refractivity contribution is -0.223. The Kier molecular flexibility index (Phi) is 11.6. The topological polar surface area (TPSA) is 110 Å². The number of phenols is 1. The number of unbranched alkanes of at least 4 members (excludes halogenated alkanes) is 2. The second-order valence-corrected chi connectivity index (χ2v) is 14.4. The molecule has 1 saturated heterocycles. The molecule has 7 atom stereocenters. The molecule has 4 aliphatic rings. The summed E-state index contributed by atoms with van der Waals surface area (Å²) in [5.41, 5.74) is 2.93. The summed E-state index contributed by atoms with van der Waals surface area (Å²) in [6, 6.07) is 15.8. The van der Waals surface area contributed by atoms with E-state index in [-0.39, 0.29) is 54.2 Å². The van der Waals surface area contributed by atoms with E-state index >= 15 is 0 Å². The molecule has 7 unspecified atom stereocenters. The summed E-state index contributed by atoms with van der Waals surface area (Å²) in [7, 11) is 0. The van der Waals surface area contributed by atoms with Crippen LogP contribution < -0.4 is 4.74 Å². The number of hydrogen-bond acceptors (Lipinski definition) is 9. The van der Waals surface area contributed by atoms with Crippen LogP contribution in [0.25, 0.3) is 0 Å². The lowest BCUT2D eigenvalue weighted by Crippen LogP contribution is -2.64. The second kappa shape index (κ2) is 16.1. The van der Waals surface area contributed by atoms with Gasteiger partial charge < -0.3 is 34.4 Å². The third kappa shape index (κ3) is 7.44. The molecular formula is C38H49NO7S. The zero-order chi connectivity index (χ0) is 32.6. The van der Waals surface area contributed by atoms with Gasteiger partial charge in [0.25, 0.3) is 0 Å². The van der Waals surface area contributed by atoms with Gasteiger partial charge in [-0.2, -0.15) is 0 Å². The third-order valence-corrected chi connectivity index (χ3v) is 11.4. The number of fused-ring (bicyclic) bond motifs is 2. The molecule has 2 heterocycles.